The molecule has 0 aromatic heterocycles. The average Bonchev–Trinajstić information content (AvgIpc) is 2.34. The molecule has 18 heavy (non-hydrogen) atoms. The molecule has 0 heterocycles. The maximum atomic E-state index is 9.24. The highest BCUT2D eigenvalue weighted by atomic mass is 35.5. The fourth-order valence-electron chi connectivity index (χ4n) is 0.453. The monoisotopic (exact) mass is 298 g/mol. The van der Waals surface area contributed by atoms with Gasteiger partial charge in [0, 0.05) is 0 Å². The van der Waals surface area contributed by atoms with Crippen molar-refractivity contribution in [2.75, 3.05) is 11.8 Å². The summed E-state index contributed by atoms with van der Waals surface area (Å²) in [6.07, 6.45) is 0. The van der Waals surface area contributed by atoms with Crippen molar-refractivity contribution in [1.82, 2.24) is 0 Å². The molecule has 102 valence electrons. The zero-order valence-corrected chi connectivity index (χ0v) is 10.6. The number of aromatic hydroxyl groups is 2. The zero-order chi connectivity index (χ0) is 14.6. The van der Waals surface area contributed by atoms with Crippen molar-refractivity contribution in [2.24, 2.45) is 0 Å². The molecule has 0 spiro atoms. The number of rotatable bonds is 2. The summed E-state index contributed by atoms with van der Waals surface area (Å²) in [7, 11) is 0. The lowest BCUT2D eigenvalue weighted by Crippen LogP contribution is -1.92. The summed E-state index contributed by atoms with van der Waals surface area (Å²) >= 11 is 9.47. The van der Waals surface area contributed by atoms with Gasteiger partial charge in [-0.1, -0.05) is 0 Å². The van der Waals surface area contributed by atoms with Gasteiger partial charge in [0.1, 0.15) is 23.3 Å². The Kier molecular flexibility index (Phi) is 12.3. The average molecular weight is 299 g/mol. The van der Waals surface area contributed by atoms with Crippen LogP contribution in [-0.4, -0.2) is 44.1 Å². The van der Waals surface area contributed by atoms with Gasteiger partial charge >= 0.3 is 11.9 Å². The highest BCUT2D eigenvalue weighted by molar-refractivity contribution is 6.26. The van der Waals surface area contributed by atoms with Crippen LogP contribution in [0.1, 0.15) is 0 Å². The Bertz CT molecular complexity index is 317. The molecule has 1 rings (SSSR count). The fourth-order valence-corrected chi connectivity index (χ4v) is 0.453. The minimum atomic E-state index is -0.980. The maximum Gasteiger partial charge on any atom is 0.318 e. The number of aliphatic carboxylic acids is 2. The second-order valence-corrected chi connectivity index (χ2v) is 3.11. The van der Waals surface area contributed by atoms with E-state index in [0.29, 0.717) is 0 Å². The van der Waals surface area contributed by atoms with E-state index in [1.54, 1.807) is 0 Å². The first-order valence-corrected chi connectivity index (χ1v) is 5.43. The minimum absolute atomic E-state index is 0.169. The number of halogens is 2. The SMILES string of the molecule is O=C(O)CCl.O=C(O)CCl.Oc1ccc(O)cc1. The smallest absolute Gasteiger partial charge is 0.318 e. The Labute approximate surface area is 113 Å². The summed E-state index contributed by atoms with van der Waals surface area (Å²) in [5.41, 5.74) is 0. The van der Waals surface area contributed by atoms with Gasteiger partial charge in [0.2, 0.25) is 0 Å². The molecular weight excluding hydrogens is 287 g/mol. The maximum absolute atomic E-state index is 9.24. The summed E-state index contributed by atoms with van der Waals surface area (Å²) in [4.78, 5) is 18.5. The highest BCUT2D eigenvalue weighted by Crippen LogP contribution is 2.13. The molecule has 0 fully saturated rings. The molecule has 0 saturated carbocycles. The first kappa shape index (κ1) is 18.7. The van der Waals surface area contributed by atoms with Crippen LogP contribution in [0.2, 0.25) is 0 Å². The van der Waals surface area contributed by atoms with E-state index in [9.17, 15) is 9.59 Å². The van der Waals surface area contributed by atoms with E-state index in [1.165, 1.54) is 24.3 Å². The molecule has 0 amide bonds. The van der Waals surface area contributed by atoms with Crippen molar-refractivity contribution in [3.8, 4) is 11.5 Å². The molecule has 8 heteroatoms. The third-order valence-electron chi connectivity index (χ3n) is 1.08. The van der Waals surface area contributed by atoms with E-state index in [4.69, 9.17) is 43.6 Å². The van der Waals surface area contributed by atoms with Gasteiger partial charge < -0.3 is 20.4 Å². The molecule has 0 aliphatic carbocycles. The largest absolute Gasteiger partial charge is 0.508 e. The van der Waals surface area contributed by atoms with Crippen molar-refractivity contribution in [2.45, 2.75) is 0 Å². The second-order valence-electron chi connectivity index (χ2n) is 2.57. The molecule has 6 nitrogen and oxygen atoms in total. The molecule has 0 saturated heterocycles. The van der Waals surface area contributed by atoms with Crippen molar-refractivity contribution in [1.29, 1.82) is 0 Å². The zero-order valence-electron chi connectivity index (χ0n) is 9.08. The Morgan fingerprint density at radius 1 is 0.833 bits per heavy atom. The summed E-state index contributed by atoms with van der Waals surface area (Å²) in [5, 5.41) is 32.5. The van der Waals surface area contributed by atoms with Gasteiger partial charge in [-0.2, -0.15) is 0 Å². The van der Waals surface area contributed by atoms with E-state index in [-0.39, 0.29) is 23.3 Å². The number of alkyl halides is 2. The third kappa shape index (κ3) is 16.8. The summed E-state index contributed by atoms with van der Waals surface area (Å²) in [6.45, 7) is 0. The Morgan fingerprint density at radius 3 is 1.11 bits per heavy atom. The van der Waals surface area contributed by atoms with Gasteiger partial charge in [0.05, 0.1) is 0 Å². The van der Waals surface area contributed by atoms with E-state index in [0.717, 1.165) is 0 Å². The topological polar surface area (TPSA) is 115 Å². The quantitative estimate of drug-likeness (QED) is 0.488. The number of carboxylic acids is 2. The number of hydrogen-bond acceptors (Lipinski definition) is 4. The Morgan fingerprint density at radius 2 is 1.00 bits per heavy atom. The van der Waals surface area contributed by atoms with Crippen LogP contribution in [0.3, 0.4) is 0 Å². The van der Waals surface area contributed by atoms with Gasteiger partial charge in [0.15, 0.2) is 0 Å². The molecule has 0 radical (unpaired) electrons. The second kappa shape index (κ2) is 11.8. The molecule has 0 unspecified atom stereocenters. The van der Waals surface area contributed by atoms with Crippen LogP contribution < -0.4 is 0 Å². The predicted molar refractivity (Wildman–Crippen MR) is 66.5 cm³/mol. The number of carboxylic acid groups (broad SMARTS) is 2. The number of phenolic OH excluding ortho intramolecular Hbond substituents is 2. The van der Waals surface area contributed by atoms with Crippen molar-refractivity contribution >= 4 is 35.1 Å². The number of phenols is 2. The van der Waals surface area contributed by atoms with Crippen molar-refractivity contribution in [3.05, 3.63) is 24.3 Å². The minimum Gasteiger partial charge on any atom is -0.508 e. The number of carbonyl (C=O) groups is 2. The summed E-state index contributed by atoms with van der Waals surface area (Å²) < 4.78 is 0. The van der Waals surface area contributed by atoms with Crippen LogP contribution in [0.25, 0.3) is 0 Å². The predicted octanol–water partition coefficient (Wildman–Crippen LogP) is 1.72. The Balaban J connectivity index is 0. The molecule has 4 N–H and O–H groups in total. The number of benzene rings is 1. The molecular formula is C10H12Cl2O6. The van der Waals surface area contributed by atoms with Gasteiger partial charge in [-0.3, -0.25) is 9.59 Å². The van der Waals surface area contributed by atoms with Gasteiger partial charge in [-0.25, -0.2) is 0 Å². The summed E-state index contributed by atoms with van der Waals surface area (Å²) in [5.74, 6) is -2.23. The van der Waals surface area contributed by atoms with Crippen LogP contribution in [0, 0.1) is 0 Å². The number of hydrogen-bond donors (Lipinski definition) is 4. The van der Waals surface area contributed by atoms with E-state index in [1.807, 2.05) is 0 Å². The normalized spacial score (nSPS) is 8.11. The lowest BCUT2D eigenvalue weighted by atomic mass is 10.3. The van der Waals surface area contributed by atoms with Crippen LogP contribution in [0.4, 0.5) is 0 Å². The van der Waals surface area contributed by atoms with Crippen LogP contribution in [0.5, 0.6) is 11.5 Å². The van der Waals surface area contributed by atoms with Crippen molar-refractivity contribution in [3.63, 3.8) is 0 Å². The van der Waals surface area contributed by atoms with E-state index < -0.39 is 11.9 Å². The first-order chi connectivity index (χ1) is 8.33. The molecule has 1 aromatic rings. The van der Waals surface area contributed by atoms with Crippen LogP contribution in [-0.2, 0) is 9.59 Å². The fraction of sp³-hybridized carbons (Fsp3) is 0.200. The lowest BCUT2D eigenvalue weighted by molar-refractivity contribution is -0.135. The van der Waals surface area contributed by atoms with Gasteiger partial charge in [0.25, 0.3) is 0 Å². The Hall–Kier alpha value is -1.66. The molecule has 1 aromatic carbocycles. The molecule has 0 aliphatic heterocycles. The van der Waals surface area contributed by atoms with Crippen LogP contribution in [0.15, 0.2) is 24.3 Å². The lowest BCUT2D eigenvalue weighted by Gasteiger charge is -1.88. The standard InChI is InChI=1S/C6H6O2.2C2H3ClO2/c7-5-1-2-6(8)4-3-5;2*3-1-2(4)5/h1-4,7-8H;2*1H2,(H,4,5). The first-order valence-electron chi connectivity index (χ1n) is 4.37. The van der Waals surface area contributed by atoms with Gasteiger partial charge in [-0.05, 0) is 24.3 Å². The van der Waals surface area contributed by atoms with Crippen molar-refractivity contribution < 1.29 is 30.0 Å². The molecule has 0 atom stereocenters. The van der Waals surface area contributed by atoms with E-state index in [2.05, 4.69) is 0 Å². The van der Waals surface area contributed by atoms with Crippen LogP contribution >= 0.6 is 23.2 Å². The molecule has 0 aliphatic rings. The molecule has 0 bridgehead atoms. The highest BCUT2D eigenvalue weighted by Gasteiger charge is 1.84. The van der Waals surface area contributed by atoms with E-state index >= 15 is 0 Å². The van der Waals surface area contributed by atoms with Gasteiger partial charge in [-0.15, -0.1) is 23.2 Å². The summed E-state index contributed by atoms with van der Waals surface area (Å²) in [6, 6.07) is 5.70. The third-order valence-corrected chi connectivity index (χ3v) is 1.54.